The number of carbonyl (C=O) groups excluding carboxylic acids is 3. The van der Waals surface area contributed by atoms with E-state index in [0.29, 0.717) is 38.3 Å². The Balaban J connectivity index is 2.11. The summed E-state index contributed by atoms with van der Waals surface area (Å²) in [6.07, 6.45) is 0.124. The molecule has 1 aliphatic rings. The van der Waals surface area contributed by atoms with Gasteiger partial charge < -0.3 is 20.3 Å². The number of amides is 3. The molecule has 0 aromatic carbocycles. The SMILES string of the molecule is CNC(=O)c1nn(CCNC(=O)OC(C)(C)C)c2c1CN(C(C)=O)CC2. The summed E-state index contributed by atoms with van der Waals surface area (Å²) in [4.78, 5) is 37.2. The average molecular weight is 365 g/mol. The second-order valence-electron chi connectivity index (χ2n) is 7.20. The number of nitrogens with one attached hydrogen (secondary N) is 2. The number of carbonyl (C=O) groups is 3. The molecule has 0 bridgehead atoms. The molecule has 1 aromatic heterocycles. The maximum Gasteiger partial charge on any atom is 0.407 e. The minimum Gasteiger partial charge on any atom is -0.444 e. The summed E-state index contributed by atoms with van der Waals surface area (Å²) in [5.74, 6) is -0.316. The van der Waals surface area contributed by atoms with Crippen LogP contribution in [0.3, 0.4) is 0 Å². The molecule has 0 aliphatic carbocycles. The van der Waals surface area contributed by atoms with Crippen LogP contribution in [-0.4, -0.2) is 58.3 Å². The Morgan fingerprint density at radius 3 is 2.54 bits per heavy atom. The highest BCUT2D eigenvalue weighted by molar-refractivity contribution is 5.94. The molecule has 0 atom stereocenters. The van der Waals surface area contributed by atoms with Crippen LogP contribution in [0.25, 0.3) is 0 Å². The van der Waals surface area contributed by atoms with Crippen molar-refractivity contribution in [2.75, 3.05) is 20.1 Å². The van der Waals surface area contributed by atoms with Gasteiger partial charge in [0.15, 0.2) is 5.69 Å². The minimum absolute atomic E-state index is 0.0298. The summed E-state index contributed by atoms with van der Waals surface area (Å²) in [7, 11) is 1.55. The minimum atomic E-state index is -0.558. The van der Waals surface area contributed by atoms with Crippen molar-refractivity contribution in [1.82, 2.24) is 25.3 Å². The van der Waals surface area contributed by atoms with Crippen molar-refractivity contribution in [2.24, 2.45) is 0 Å². The van der Waals surface area contributed by atoms with Crippen LogP contribution in [0, 0.1) is 0 Å². The summed E-state index contributed by atoms with van der Waals surface area (Å²) >= 11 is 0. The van der Waals surface area contributed by atoms with E-state index in [4.69, 9.17) is 4.74 Å². The molecule has 2 heterocycles. The third-order valence-electron chi connectivity index (χ3n) is 4.01. The standard InChI is InChI=1S/C17H27N5O4/c1-11(23)21-8-6-13-12(10-21)14(15(24)18-5)20-22(13)9-7-19-16(25)26-17(2,3)4/h6-10H2,1-5H3,(H,18,24)(H,19,25). The van der Waals surface area contributed by atoms with E-state index in [0.717, 1.165) is 11.3 Å². The van der Waals surface area contributed by atoms with Crippen molar-refractivity contribution in [3.05, 3.63) is 17.0 Å². The Morgan fingerprint density at radius 2 is 1.96 bits per heavy atom. The third kappa shape index (κ3) is 4.74. The molecule has 26 heavy (non-hydrogen) atoms. The number of nitrogens with zero attached hydrogens (tertiary/aromatic N) is 3. The molecule has 0 saturated heterocycles. The number of alkyl carbamates (subject to hydrolysis) is 1. The van der Waals surface area contributed by atoms with Gasteiger partial charge in [0.2, 0.25) is 5.91 Å². The van der Waals surface area contributed by atoms with Crippen molar-refractivity contribution in [3.63, 3.8) is 0 Å². The molecule has 1 aliphatic heterocycles. The average Bonchev–Trinajstić information content (AvgIpc) is 2.90. The maximum absolute atomic E-state index is 12.1. The highest BCUT2D eigenvalue weighted by atomic mass is 16.6. The van der Waals surface area contributed by atoms with E-state index in [-0.39, 0.29) is 11.8 Å². The first-order chi connectivity index (χ1) is 12.1. The van der Waals surface area contributed by atoms with Gasteiger partial charge in [-0.2, -0.15) is 5.10 Å². The third-order valence-corrected chi connectivity index (χ3v) is 4.01. The molecule has 0 unspecified atom stereocenters. The molecule has 0 spiro atoms. The van der Waals surface area contributed by atoms with Crippen LogP contribution in [-0.2, 0) is 29.0 Å². The van der Waals surface area contributed by atoms with Crippen LogP contribution in [0.4, 0.5) is 4.79 Å². The Labute approximate surface area is 153 Å². The fourth-order valence-electron chi connectivity index (χ4n) is 2.82. The second kappa shape index (κ2) is 7.76. The number of hydrogen-bond acceptors (Lipinski definition) is 5. The van der Waals surface area contributed by atoms with Crippen LogP contribution in [0.15, 0.2) is 0 Å². The highest BCUT2D eigenvalue weighted by Crippen LogP contribution is 2.23. The molecule has 0 radical (unpaired) electrons. The lowest BCUT2D eigenvalue weighted by molar-refractivity contribution is -0.129. The lowest BCUT2D eigenvalue weighted by Crippen LogP contribution is -2.36. The van der Waals surface area contributed by atoms with Gasteiger partial charge >= 0.3 is 6.09 Å². The normalized spacial score (nSPS) is 13.8. The van der Waals surface area contributed by atoms with E-state index in [1.165, 1.54) is 6.92 Å². The number of aromatic nitrogens is 2. The molecule has 3 amide bonds. The number of rotatable bonds is 4. The Hall–Kier alpha value is -2.58. The second-order valence-corrected chi connectivity index (χ2v) is 7.20. The van der Waals surface area contributed by atoms with E-state index in [1.54, 1.807) is 37.4 Å². The Morgan fingerprint density at radius 1 is 1.27 bits per heavy atom. The van der Waals surface area contributed by atoms with E-state index in [9.17, 15) is 14.4 Å². The molecule has 144 valence electrons. The molecule has 0 fully saturated rings. The van der Waals surface area contributed by atoms with E-state index >= 15 is 0 Å². The van der Waals surface area contributed by atoms with Crippen LogP contribution < -0.4 is 10.6 Å². The van der Waals surface area contributed by atoms with Crippen molar-refractivity contribution >= 4 is 17.9 Å². The lowest BCUT2D eigenvalue weighted by atomic mass is 10.0. The highest BCUT2D eigenvalue weighted by Gasteiger charge is 2.28. The van der Waals surface area contributed by atoms with Crippen LogP contribution in [0.2, 0.25) is 0 Å². The van der Waals surface area contributed by atoms with Crippen molar-refractivity contribution in [2.45, 2.75) is 52.8 Å². The summed E-state index contributed by atoms with van der Waals surface area (Å²) < 4.78 is 6.93. The van der Waals surface area contributed by atoms with Gasteiger partial charge in [-0.25, -0.2) is 4.79 Å². The predicted molar refractivity (Wildman–Crippen MR) is 94.6 cm³/mol. The zero-order valence-electron chi connectivity index (χ0n) is 16.0. The van der Waals surface area contributed by atoms with Crippen molar-refractivity contribution in [3.8, 4) is 0 Å². The summed E-state index contributed by atoms with van der Waals surface area (Å²) in [5.41, 5.74) is 1.46. The van der Waals surface area contributed by atoms with Crippen molar-refractivity contribution < 1.29 is 19.1 Å². The van der Waals surface area contributed by atoms with Crippen LogP contribution in [0.5, 0.6) is 0 Å². The topological polar surface area (TPSA) is 106 Å². The van der Waals surface area contributed by atoms with Crippen LogP contribution in [0.1, 0.15) is 49.4 Å². The quantitative estimate of drug-likeness (QED) is 0.816. The zero-order valence-corrected chi connectivity index (χ0v) is 16.0. The number of fused-ring (bicyclic) bond motifs is 1. The molecule has 2 rings (SSSR count). The van der Waals surface area contributed by atoms with Crippen molar-refractivity contribution in [1.29, 1.82) is 0 Å². The molecule has 9 heteroatoms. The molecular formula is C17H27N5O4. The van der Waals surface area contributed by atoms with Gasteiger partial charge in [0, 0.05) is 51.3 Å². The maximum atomic E-state index is 12.1. The summed E-state index contributed by atoms with van der Waals surface area (Å²) in [6.45, 7) is 8.60. The molecule has 1 aromatic rings. The molecular weight excluding hydrogens is 338 g/mol. The largest absolute Gasteiger partial charge is 0.444 e. The number of hydrogen-bond donors (Lipinski definition) is 2. The molecule has 9 nitrogen and oxygen atoms in total. The molecule has 2 N–H and O–H groups in total. The first kappa shape index (κ1) is 19.7. The smallest absolute Gasteiger partial charge is 0.407 e. The van der Waals surface area contributed by atoms with E-state index in [1.807, 2.05) is 0 Å². The predicted octanol–water partition coefficient (Wildman–Crippen LogP) is 0.672. The van der Waals surface area contributed by atoms with Gasteiger partial charge in [0.05, 0.1) is 6.54 Å². The van der Waals surface area contributed by atoms with E-state index < -0.39 is 11.7 Å². The zero-order chi connectivity index (χ0) is 19.5. The fraction of sp³-hybridized carbons (Fsp3) is 0.647. The monoisotopic (exact) mass is 365 g/mol. The Kier molecular flexibility index (Phi) is 5.89. The van der Waals surface area contributed by atoms with Gasteiger partial charge in [-0.15, -0.1) is 0 Å². The van der Waals surface area contributed by atoms with Gasteiger partial charge in [0.1, 0.15) is 5.60 Å². The van der Waals surface area contributed by atoms with Gasteiger partial charge in [-0.3, -0.25) is 14.3 Å². The fourth-order valence-corrected chi connectivity index (χ4v) is 2.82. The van der Waals surface area contributed by atoms with Gasteiger partial charge in [-0.1, -0.05) is 0 Å². The first-order valence-corrected chi connectivity index (χ1v) is 8.65. The molecule has 0 saturated carbocycles. The number of ether oxygens (including phenoxy) is 1. The first-order valence-electron chi connectivity index (χ1n) is 8.65. The van der Waals surface area contributed by atoms with Gasteiger partial charge in [0.25, 0.3) is 5.91 Å². The summed E-state index contributed by atoms with van der Waals surface area (Å²) in [6, 6.07) is 0. The van der Waals surface area contributed by atoms with Gasteiger partial charge in [-0.05, 0) is 20.8 Å². The summed E-state index contributed by atoms with van der Waals surface area (Å²) in [5, 5.41) is 9.67. The lowest BCUT2D eigenvalue weighted by Gasteiger charge is -2.26. The van der Waals surface area contributed by atoms with E-state index in [2.05, 4.69) is 15.7 Å². The van der Waals surface area contributed by atoms with Crippen LogP contribution >= 0.6 is 0 Å². The Bertz CT molecular complexity index is 705.